The van der Waals surface area contributed by atoms with Crippen molar-refractivity contribution in [3.8, 4) is 0 Å². The number of nitrogens with two attached hydrogens (primary N) is 1. The van der Waals surface area contributed by atoms with E-state index in [1.807, 2.05) is 42.5 Å². The first-order valence-corrected chi connectivity index (χ1v) is 4.10. The summed E-state index contributed by atoms with van der Waals surface area (Å²) in [6.45, 7) is 5.54. The van der Waals surface area contributed by atoms with Gasteiger partial charge in [0.15, 0.2) is 0 Å². The lowest BCUT2D eigenvalue weighted by Crippen LogP contribution is -1.69. The second-order valence-corrected chi connectivity index (χ2v) is 1.85. The van der Waals surface area contributed by atoms with Crippen LogP contribution in [0.2, 0.25) is 0 Å². The zero-order valence-corrected chi connectivity index (χ0v) is 8.03. The molecule has 68 valence electrons. The standard InChI is InChI=1S/C6H6.C4H8.CH5N/c1-2-4-6-5-3-1;1-3-4-2;1-2/h1-6H;3H,1,4H2,2H3;2H2,1H3. The number of hydrogen-bond donors (Lipinski definition) is 1. The van der Waals surface area contributed by atoms with E-state index in [1.165, 1.54) is 7.05 Å². The van der Waals surface area contributed by atoms with Gasteiger partial charge in [0.1, 0.15) is 0 Å². The van der Waals surface area contributed by atoms with Crippen LogP contribution in [0.15, 0.2) is 49.1 Å². The van der Waals surface area contributed by atoms with E-state index in [0.717, 1.165) is 6.42 Å². The van der Waals surface area contributed by atoms with Crippen LogP contribution in [-0.2, 0) is 0 Å². The fourth-order valence-corrected chi connectivity index (χ4v) is 0.385. The minimum absolute atomic E-state index is 1.08. The van der Waals surface area contributed by atoms with Gasteiger partial charge in [0, 0.05) is 0 Å². The van der Waals surface area contributed by atoms with Crippen molar-refractivity contribution in [3.05, 3.63) is 49.1 Å². The Bertz CT molecular complexity index is 120. The van der Waals surface area contributed by atoms with Crippen molar-refractivity contribution in [1.82, 2.24) is 0 Å². The van der Waals surface area contributed by atoms with Gasteiger partial charge in [0.05, 0.1) is 0 Å². The summed E-state index contributed by atoms with van der Waals surface area (Å²) in [4.78, 5) is 0. The van der Waals surface area contributed by atoms with E-state index >= 15 is 0 Å². The summed E-state index contributed by atoms with van der Waals surface area (Å²) < 4.78 is 0. The van der Waals surface area contributed by atoms with Crippen LogP contribution in [-0.4, -0.2) is 7.05 Å². The van der Waals surface area contributed by atoms with E-state index in [4.69, 9.17) is 0 Å². The molecule has 0 saturated heterocycles. The molecule has 2 N–H and O–H groups in total. The van der Waals surface area contributed by atoms with Gasteiger partial charge in [-0.1, -0.05) is 49.4 Å². The molecule has 0 bridgehead atoms. The Morgan fingerprint density at radius 2 is 1.17 bits per heavy atom. The molecule has 12 heavy (non-hydrogen) atoms. The Morgan fingerprint density at radius 3 is 1.25 bits per heavy atom. The van der Waals surface area contributed by atoms with Gasteiger partial charge in [0.2, 0.25) is 0 Å². The molecule has 1 aromatic carbocycles. The molecule has 0 atom stereocenters. The molecular formula is C11H19N. The van der Waals surface area contributed by atoms with E-state index in [-0.39, 0.29) is 0 Å². The minimum Gasteiger partial charge on any atom is -0.333 e. The van der Waals surface area contributed by atoms with Crippen molar-refractivity contribution >= 4 is 0 Å². The first-order chi connectivity index (χ1) is 5.91. The maximum Gasteiger partial charge on any atom is -0.0195 e. The lowest BCUT2D eigenvalue weighted by Gasteiger charge is -1.69. The highest BCUT2D eigenvalue weighted by Crippen LogP contribution is 1.79. The molecule has 0 fully saturated rings. The Balaban J connectivity index is 0. The van der Waals surface area contributed by atoms with Crippen LogP contribution >= 0.6 is 0 Å². The molecule has 0 saturated carbocycles. The first kappa shape index (κ1) is 13.5. The Kier molecular flexibility index (Phi) is 18.6. The summed E-state index contributed by atoms with van der Waals surface area (Å²) in [5.74, 6) is 0. The second-order valence-electron chi connectivity index (χ2n) is 1.85. The number of rotatable bonds is 1. The Morgan fingerprint density at radius 1 is 1.00 bits per heavy atom. The molecule has 0 spiro atoms. The van der Waals surface area contributed by atoms with E-state index < -0.39 is 0 Å². The van der Waals surface area contributed by atoms with Gasteiger partial charge in [-0.05, 0) is 13.5 Å². The SMILES string of the molecule is C=CCC.CN.c1ccccc1. The highest BCUT2D eigenvalue weighted by atomic mass is 14.4. The van der Waals surface area contributed by atoms with Crippen molar-refractivity contribution in [2.45, 2.75) is 13.3 Å². The molecule has 0 heterocycles. The maximum atomic E-state index is 4.50. The molecule has 0 aliphatic rings. The van der Waals surface area contributed by atoms with Crippen molar-refractivity contribution < 1.29 is 0 Å². The zero-order chi connectivity index (χ0) is 9.66. The first-order valence-electron chi connectivity index (χ1n) is 4.10. The smallest absolute Gasteiger partial charge is 0.0195 e. The largest absolute Gasteiger partial charge is 0.333 e. The van der Waals surface area contributed by atoms with Crippen molar-refractivity contribution in [3.63, 3.8) is 0 Å². The van der Waals surface area contributed by atoms with Gasteiger partial charge in [-0.3, -0.25) is 0 Å². The predicted octanol–water partition coefficient (Wildman–Crippen LogP) is 2.84. The van der Waals surface area contributed by atoms with Crippen LogP contribution in [0.4, 0.5) is 0 Å². The van der Waals surface area contributed by atoms with E-state index in [1.54, 1.807) is 0 Å². The van der Waals surface area contributed by atoms with Crippen LogP contribution < -0.4 is 5.73 Å². The third-order valence-electron chi connectivity index (χ3n) is 0.955. The minimum atomic E-state index is 1.08. The molecule has 1 aromatic rings. The number of benzene rings is 1. The van der Waals surface area contributed by atoms with Crippen molar-refractivity contribution in [2.24, 2.45) is 5.73 Å². The Hall–Kier alpha value is -1.08. The lowest BCUT2D eigenvalue weighted by molar-refractivity contribution is 1.23. The lowest BCUT2D eigenvalue weighted by atomic mass is 10.4. The fourth-order valence-electron chi connectivity index (χ4n) is 0.385. The molecule has 0 amide bonds. The third kappa shape index (κ3) is 16.0. The molecule has 0 unspecified atom stereocenters. The summed E-state index contributed by atoms with van der Waals surface area (Å²) >= 11 is 0. The van der Waals surface area contributed by atoms with Crippen LogP contribution in [0.1, 0.15) is 13.3 Å². The highest BCUT2D eigenvalue weighted by molar-refractivity contribution is 4.99. The number of allylic oxidation sites excluding steroid dienone is 1. The summed E-state index contributed by atoms with van der Waals surface area (Å²) in [6, 6.07) is 12.0. The average Bonchev–Trinajstić information content (AvgIpc) is 2.24. The van der Waals surface area contributed by atoms with E-state index in [9.17, 15) is 0 Å². The van der Waals surface area contributed by atoms with Gasteiger partial charge in [-0.25, -0.2) is 0 Å². The number of hydrogen-bond acceptors (Lipinski definition) is 1. The maximum absolute atomic E-state index is 4.50. The van der Waals surface area contributed by atoms with Crippen molar-refractivity contribution in [1.29, 1.82) is 0 Å². The predicted molar refractivity (Wildman–Crippen MR) is 57.0 cm³/mol. The highest BCUT2D eigenvalue weighted by Gasteiger charge is 1.57. The van der Waals surface area contributed by atoms with Gasteiger partial charge < -0.3 is 5.73 Å². The van der Waals surface area contributed by atoms with Gasteiger partial charge in [-0.15, -0.1) is 6.58 Å². The molecule has 1 rings (SSSR count). The molecule has 1 nitrogen and oxygen atoms in total. The molecule has 0 aromatic heterocycles. The topological polar surface area (TPSA) is 26.0 Å². The van der Waals surface area contributed by atoms with Crippen LogP contribution in [0.3, 0.4) is 0 Å². The third-order valence-corrected chi connectivity index (χ3v) is 0.955. The van der Waals surface area contributed by atoms with Gasteiger partial charge >= 0.3 is 0 Å². The molecule has 0 aliphatic heterocycles. The summed E-state index contributed by atoms with van der Waals surface area (Å²) in [5, 5.41) is 0. The molecule has 0 aliphatic carbocycles. The quantitative estimate of drug-likeness (QED) is 0.636. The molecule has 1 heteroatoms. The average molecular weight is 165 g/mol. The summed E-state index contributed by atoms with van der Waals surface area (Å²) in [7, 11) is 1.50. The van der Waals surface area contributed by atoms with E-state index in [2.05, 4.69) is 19.2 Å². The molecular weight excluding hydrogens is 146 g/mol. The monoisotopic (exact) mass is 165 g/mol. The molecule has 0 radical (unpaired) electrons. The second kappa shape index (κ2) is 16.5. The van der Waals surface area contributed by atoms with Gasteiger partial charge in [-0.2, -0.15) is 0 Å². The van der Waals surface area contributed by atoms with Crippen LogP contribution in [0, 0.1) is 0 Å². The van der Waals surface area contributed by atoms with E-state index in [0.29, 0.717) is 0 Å². The summed E-state index contributed by atoms with van der Waals surface area (Å²) in [6.07, 6.45) is 2.96. The van der Waals surface area contributed by atoms with Crippen LogP contribution in [0.5, 0.6) is 0 Å². The normalized spacial score (nSPS) is 6.58. The van der Waals surface area contributed by atoms with Gasteiger partial charge in [0.25, 0.3) is 0 Å². The summed E-state index contributed by atoms with van der Waals surface area (Å²) in [5.41, 5.74) is 4.50. The van der Waals surface area contributed by atoms with Crippen molar-refractivity contribution in [2.75, 3.05) is 7.05 Å². The zero-order valence-electron chi connectivity index (χ0n) is 8.03. The van der Waals surface area contributed by atoms with Crippen LogP contribution in [0.25, 0.3) is 0 Å². The Labute approximate surface area is 75.9 Å². The fraction of sp³-hybridized carbons (Fsp3) is 0.273.